The first-order valence-corrected chi connectivity index (χ1v) is 10.1. The summed E-state index contributed by atoms with van der Waals surface area (Å²) in [7, 11) is 1.60. The monoisotopic (exact) mass is 435 g/mol. The second kappa shape index (κ2) is 7.74. The van der Waals surface area contributed by atoms with E-state index in [4.69, 9.17) is 9.15 Å². The first-order chi connectivity index (χ1) is 15.4. The Balaban J connectivity index is 1.25. The van der Waals surface area contributed by atoms with Crippen LogP contribution in [0.5, 0.6) is 0 Å². The van der Waals surface area contributed by atoms with E-state index >= 15 is 0 Å². The zero-order chi connectivity index (χ0) is 22.4. The Hall–Kier alpha value is -3.76. The average Bonchev–Trinajstić information content (AvgIpc) is 3.47. The third-order valence-corrected chi connectivity index (χ3v) is 5.72. The molecule has 3 aromatic heterocycles. The number of oxazole rings is 1. The summed E-state index contributed by atoms with van der Waals surface area (Å²) in [4.78, 5) is 27.8. The zero-order valence-corrected chi connectivity index (χ0v) is 17.5. The number of hydrogen-bond acceptors (Lipinski definition) is 8. The van der Waals surface area contributed by atoms with Crippen LogP contribution in [0.2, 0.25) is 0 Å². The van der Waals surface area contributed by atoms with Crippen LogP contribution in [0.3, 0.4) is 0 Å². The topological polar surface area (TPSA) is 124 Å². The molecular weight excluding hydrogens is 414 g/mol. The third kappa shape index (κ3) is 3.39. The number of aromatic nitrogens is 4. The fourth-order valence-corrected chi connectivity index (χ4v) is 3.89. The van der Waals surface area contributed by atoms with Crippen molar-refractivity contribution >= 4 is 17.2 Å². The molecule has 0 unspecified atom stereocenters. The molecule has 0 radical (unpaired) electrons. The van der Waals surface area contributed by atoms with Crippen molar-refractivity contribution in [2.24, 2.45) is 7.05 Å². The first-order valence-electron chi connectivity index (χ1n) is 10.1. The lowest BCUT2D eigenvalue weighted by atomic mass is 9.95. The average molecular weight is 435 g/mol. The summed E-state index contributed by atoms with van der Waals surface area (Å²) in [5, 5.41) is 18.2. The van der Waals surface area contributed by atoms with E-state index in [0.717, 1.165) is 22.3 Å². The summed E-state index contributed by atoms with van der Waals surface area (Å²) in [5.74, 6) is -0.222. The summed E-state index contributed by atoms with van der Waals surface area (Å²) in [6, 6.07) is 6.90. The van der Waals surface area contributed by atoms with Gasteiger partial charge >= 0.3 is 11.7 Å². The Morgan fingerprint density at radius 2 is 2.09 bits per heavy atom. The molecule has 0 aliphatic carbocycles. The van der Waals surface area contributed by atoms with Gasteiger partial charge < -0.3 is 19.6 Å². The molecule has 5 rings (SSSR count). The molecule has 4 aromatic rings. The molecule has 1 aliphatic heterocycles. The van der Waals surface area contributed by atoms with Crippen molar-refractivity contribution in [3.05, 3.63) is 75.0 Å². The van der Waals surface area contributed by atoms with Gasteiger partial charge in [0.15, 0.2) is 17.0 Å². The maximum atomic E-state index is 11.7. The molecule has 0 amide bonds. The van der Waals surface area contributed by atoms with Crippen molar-refractivity contribution in [2.45, 2.75) is 26.2 Å². The highest BCUT2D eigenvalue weighted by molar-refractivity contribution is 5.93. The normalized spacial score (nSPS) is 14.0. The summed E-state index contributed by atoms with van der Waals surface area (Å²) in [6.45, 7) is 2.97. The van der Waals surface area contributed by atoms with Gasteiger partial charge in [-0.3, -0.25) is 4.57 Å². The predicted molar refractivity (Wildman–Crippen MR) is 113 cm³/mol. The van der Waals surface area contributed by atoms with Crippen LogP contribution in [-0.2, 0) is 24.9 Å². The standard InChI is InChI=1S/C22H21N5O5/c1-12-14(3-4-15-16(12)11-31-21(15)29)17(28)9-23-7-13-8-24-27(10-13)19-6-5-18-20(25-19)26(2)22(30)32-18/h3-6,8,10,17,23,28H,7,9,11H2,1-2H3/t17-/m0/s1. The number of aliphatic hydroxyl groups excluding tert-OH is 1. The van der Waals surface area contributed by atoms with Gasteiger partial charge in [0, 0.05) is 37.5 Å². The lowest BCUT2D eigenvalue weighted by Gasteiger charge is -2.16. The molecule has 10 nitrogen and oxygen atoms in total. The number of aliphatic hydroxyl groups is 1. The van der Waals surface area contributed by atoms with E-state index in [1.807, 2.05) is 13.1 Å². The Labute approximate surface area is 182 Å². The number of benzene rings is 1. The Bertz CT molecular complexity index is 1400. The number of cyclic esters (lactones) is 1. The Morgan fingerprint density at radius 3 is 2.94 bits per heavy atom. The van der Waals surface area contributed by atoms with Crippen LogP contribution in [0, 0.1) is 6.92 Å². The summed E-state index contributed by atoms with van der Waals surface area (Å²) < 4.78 is 13.1. The van der Waals surface area contributed by atoms with E-state index in [9.17, 15) is 14.7 Å². The smallest absolute Gasteiger partial charge is 0.420 e. The van der Waals surface area contributed by atoms with Crippen molar-refractivity contribution in [3.8, 4) is 5.82 Å². The molecule has 0 saturated heterocycles. The molecule has 0 spiro atoms. The van der Waals surface area contributed by atoms with Gasteiger partial charge in [0.2, 0.25) is 0 Å². The Kier molecular flexibility index (Phi) is 4.87. The minimum Gasteiger partial charge on any atom is -0.457 e. The van der Waals surface area contributed by atoms with Crippen LogP contribution in [0.4, 0.5) is 0 Å². The number of pyridine rings is 1. The van der Waals surface area contributed by atoms with Crippen molar-refractivity contribution < 1.29 is 19.1 Å². The highest BCUT2D eigenvalue weighted by atomic mass is 16.5. The summed E-state index contributed by atoms with van der Waals surface area (Å²) in [5.41, 5.74) is 4.84. The second-order valence-corrected chi connectivity index (χ2v) is 7.74. The SMILES string of the molecule is Cc1c([C@@H](O)CNCc2cnn(-c3ccc4oc(=O)n(C)c4n3)c2)ccc2c1COC2=O. The zero-order valence-electron chi connectivity index (χ0n) is 17.5. The molecule has 2 N–H and O–H groups in total. The molecule has 32 heavy (non-hydrogen) atoms. The van der Waals surface area contributed by atoms with E-state index in [0.29, 0.717) is 35.7 Å². The number of carbonyl (C=O) groups excluding carboxylic acids is 1. The van der Waals surface area contributed by atoms with E-state index in [1.165, 1.54) is 4.57 Å². The highest BCUT2D eigenvalue weighted by Gasteiger charge is 2.25. The molecule has 0 bridgehead atoms. The molecule has 0 saturated carbocycles. The van der Waals surface area contributed by atoms with Gasteiger partial charge in [-0.15, -0.1) is 0 Å². The second-order valence-electron chi connectivity index (χ2n) is 7.74. The number of aryl methyl sites for hydroxylation is 1. The molecule has 10 heteroatoms. The highest BCUT2D eigenvalue weighted by Crippen LogP contribution is 2.28. The molecule has 164 valence electrons. The number of esters is 1. The number of hydrogen-bond donors (Lipinski definition) is 2. The molecule has 0 fully saturated rings. The maximum absolute atomic E-state index is 11.7. The van der Waals surface area contributed by atoms with Gasteiger partial charge in [0.25, 0.3) is 0 Å². The van der Waals surface area contributed by atoms with Crippen LogP contribution >= 0.6 is 0 Å². The van der Waals surface area contributed by atoms with Gasteiger partial charge in [-0.1, -0.05) is 6.07 Å². The van der Waals surface area contributed by atoms with Crippen LogP contribution in [0.1, 0.15) is 38.7 Å². The first kappa shape index (κ1) is 20.2. The fourth-order valence-electron chi connectivity index (χ4n) is 3.89. The summed E-state index contributed by atoms with van der Waals surface area (Å²) >= 11 is 0. The molecule has 1 aromatic carbocycles. The minimum atomic E-state index is -0.725. The molecular formula is C22H21N5O5. The van der Waals surface area contributed by atoms with Crippen LogP contribution < -0.4 is 11.1 Å². The van der Waals surface area contributed by atoms with E-state index < -0.39 is 11.9 Å². The summed E-state index contributed by atoms with van der Waals surface area (Å²) in [6.07, 6.45) is 2.82. The van der Waals surface area contributed by atoms with Gasteiger partial charge in [0.05, 0.1) is 17.9 Å². The van der Waals surface area contributed by atoms with Crippen LogP contribution in [0.15, 0.2) is 45.9 Å². The maximum Gasteiger partial charge on any atom is 0.420 e. The third-order valence-electron chi connectivity index (χ3n) is 5.72. The van der Waals surface area contributed by atoms with Crippen LogP contribution in [0.25, 0.3) is 17.0 Å². The minimum absolute atomic E-state index is 0.250. The van der Waals surface area contributed by atoms with Gasteiger partial charge in [-0.05, 0) is 36.2 Å². The largest absolute Gasteiger partial charge is 0.457 e. The van der Waals surface area contributed by atoms with E-state index in [1.54, 1.807) is 42.2 Å². The van der Waals surface area contributed by atoms with Crippen molar-refractivity contribution in [1.82, 2.24) is 24.6 Å². The number of nitrogens with one attached hydrogen (secondary N) is 1. The van der Waals surface area contributed by atoms with Gasteiger partial charge in [-0.25, -0.2) is 19.3 Å². The van der Waals surface area contributed by atoms with Gasteiger partial charge in [-0.2, -0.15) is 5.10 Å². The molecule has 4 heterocycles. The predicted octanol–water partition coefficient (Wildman–Crippen LogP) is 1.51. The van der Waals surface area contributed by atoms with Crippen LogP contribution in [-0.4, -0.2) is 37.0 Å². The van der Waals surface area contributed by atoms with Crippen molar-refractivity contribution in [2.75, 3.05) is 6.54 Å². The number of fused-ring (bicyclic) bond motifs is 2. The van der Waals surface area contributed by atoms with E-state index in [2.05, 4.69) is 15.4 Å². The Morgan fingerprint density at radius 1 is 1.25 bits per heavy atom. The fraction of sp³-hybridized carbons (Fsp3) is 0.273. The van der Waals surface area contributed by atoms with E-state index in [-0.39, 0.29) is 12.6 Å². The lowest BCUT2D eigenvalue weighted by molar-refractivity contribution is 0.0535. The van der Waals surface area contributed by atoms with Gasteiger partial charge in [0.1, 0.15) is 6.61 Å². The number of nitrogens with zero attached hydrogens (tertiary/aromatic N) is 4. The number of rotatable bonds is 6. The molecule has 1 aliphatic rings. The lowest BCUT2D eigenvalue weighted by Crippen LogP contribution is -2.21. The van der Waals surface area contributed by atoms with Crippen molar-refractivity contribution in [1.29, 1.82) is 0 Å². The molecule has 1 atom stereocenters. The van der Waals surface area contributed by atoms with Crippen molar-refractivity contribution in [3.63, 3.8) is 0 Å². The number of carbonyl (C=O) groups is 1. The number of ether oxygens (including phenoxy) is 1. The quantitative estimate of drug-likeness (QED) is 0.437.